The normalized spacial score (nSPS) is 18.9. The van der Waals surface area contributed by atoms with Gasteiger partial charge in [0.25, 0.3) is 0 Å². The van der Waals surface area contributed by atoms with Crippen molar-refractivity contribution in [1.82, 2.24) is 9.62 Å². The molecule has 0 aromatic heterocycles. The van der Waals surface area contributed by atoms with Crippen LogP contribution in [0.25, 0.3) is 0 Å². The number of sulfonamides is 1. The zero-order valence-electron chi connectivity index (χ0n) is 13.1. The summed E-state index contributed by atoms with van der Waals surface area (Å²) in [4.78, 5) is 13.6. The number of anilines is 1. The molecular formula is C15H22ClN3O3S. The lowest BCUT2D eigenvalue weighted by Crippen LogP contribution is -2.34. The van der Waals surface area contributed by atoms with E-state index in [-0.39, 0.29) is 18.3 Å². The second-order valence-corrected chi connectivity index (χ2v) is 7.66. The van der Waals surface area contributed by atoms with Crippen molar-refractivity contribution in [3.8, 4) is 0 Å². The molecule has 128 valence electrons. The van der Waals surface area contributed by atoms with E-state index in [1.807, 2.05) is 0 Å². The van der Waals surface area contributed by atoms with Gasteiger partial charge in [0.2, 0.25) is 15.9 Å². The van der Waals surface area contributed by atoms with Crippen LogP contribution in [-0.2, 0) is 21.2 Å². The maximum Gasteiger partial charge on any atom is 0.243 e. The third kappa shape index (κ3) is 3.52. The number of amides is 1. The summed E-state index contributed by atoms with van der Waals surface area (Å²) in [5, 5.41) is 3.21. The van der Waals surface area contributed by atoms with Gasteiger partial charge in [-0.1, -0.05) is 0 Å². The van der Waals surface area contributed by atoms with Crippen molar-refractivity contribution in [2.24, 2.45) is 0 Å². The highest BCUT2D eigenvalue weighted by atomic mass is 35.5. The van der Waals surface area contributed by atoms with Crippen molar-refractivity contribution in [2.45, 2.75) is 24.7 Å². The van der Waals surface area contributed by atoms with Gasteiger partial charge in [0.1, 0.15) is 0 Å². The summed E-state index contributed by atoms with van der Waals surface area (Å²) < 4.78 is 27.1. The molecule has 0 unspecified atom stereocenters. The molecule has 0 bridgehead atoms. The number of carbonyl (C=O) groups is 1. The molecule has 1 saturated heterocycles. The zero-order chi connectivity index (χ0) is 15.7. The third-order valence-electron chi connectivity index (χ3n) is 4.26. The number of nitrogens with one attached hydrogen (secondary N) is 1. The molecule has 0 spiro atoms. The molecule has 0 radical (unpaired) electrons. The first-order valence-electron chi connectivity index (χ1n) is 7.62. The standard InChI is InChI=1S/C15H21N3O3S.ClH/c1-12(19)18-9-5-13-11-14(3-4-15(13)18)22(20,21)17-8-2-6-16-7-10-17;/h3-4,11,16H,2,5-10H2,1H3;1H. The van der Waals surface area contributed by atoms with Gasteiger partial charge < -0.3 is 10.2 Å². The van der Waals surface area contributed by atoms with Gasteiger partial charge in [-0.15, -0.1) is 12.4 Å². The average molecular weight is 360 g/mol. The highest BCUT2D eigenvalue weighted by Crippen LogP contribution is 2.31. The first-order valence-corrected chi connectivity index (χ1v) is 9.06. The average Bonchev–Trinajstić information content (AvgIpc) is 2.71. The molecule has 1 amide bonds. The van der Waals surface area contributed by atoms with Crippen molar-refractivity contribution in [1.29, 1.82) is 0 Å². The molecule has 2 aliphatic heterocycles. The van der Waals surface area contributed by atoms with Crippen molar-refractivity contribution in [3.63, 3.8) is 0 Å². The molecule has 1 aromatic rings. The Morgan fingerprint density at radius 3 is 2.70 bits per heavy atom. The largest absolute Gasteiger partial charge is 0.315 e. The van der Waals surface area contributed by atoms with Crippen LogP contribution in [-0.4, -0.2) is 51.4 Å². The molecule has 1 aromatic carbocycles. The number of benzene rings is 1. The van der Waals surface area contributed by atoms with Crippen molar-refractivity contribution in [3.05, 3.63) is 23.8 Å². The van der Waals surface area contributed by atoms with E-state index in [2.05, 4.69) is 5.32 Å². The van der Waals surface area contributed by atoms with Gasteiger partial charge in [-0.2, -0.15) is 4.31 Å². The van der Waals surface area contributed by atoms with Gasteiger partial charge in [-0.25, -0.2) is 8.42 Å². The van der Waals surface area contributed by atoms with Crippen LogP contribution in [0.4, 0.5) is 5.69 Å². The molecular weight excluding hydrogens is 338 g/mol. The van der Waals surface area contributed by atoms with Gasteiger partial charge in [0, 0.05) is 38.8 Å². The monoisotopic (exact) mass is 359 g/mol. The number of fused-ring (bicyclic) bond motifs is 1. The summed E-state index contributed by atoms with van der Waals surface area (Å²) in [6.07, 6.45) is 1.53. The van der Waals surface area contributed by atoms with Crippen LogP contribution in [0, 0.1) is 0 Å². The van der Waals surface area contributed by atoms with Gasteiger partial charge in [0.05, 0.1) is 4.90 Å². The summed E-state index contributed by atoms with van der Waals surface area (Å²) in [5.41, 5.74) is 1.77. The van der Waals surface area contributed by atoms with Crippen LogP contribution in [0.1, 0.15) is 18.9 Å². The van der Waals surface area contributed by atoms with E-state index in [4.69, 9.17) is 0 Å². The molecule has 1 fully saturated rings. The Kier molecular flexibility index (Phi) is 5.67. The maximum atomic E-state index is 12.8. The lowest BCUT2D eigenvalue weighted by molar-refractivity contribution is -0.116. The second kappa shape index (κ2) is 7.17. The van der Waals surface area contributed by atoms with Gasteiger partial charge in [0.15, 0.2) is 0 Å². The molecule has 0 atom stereocenters. The van der Waals surface area contributed by atoms with Gasteiger partial charge in [-0.3, -0.25) is 4.79 Å². The first kappa shape index (κ1) is 18.2. The quantitative estimate of drug-likeness (QED) is 0.855. The van der Waals surface area contributed by atoms with Gasteiger partial charge in [-0.05, 0) is 43.1 Å². The Morgan fingerprint density at radius 2 is 1.96 bits per heavy atom. The fraction of sp³-hybridized carbons (Fsp3) is 0.533. The van der Waals surface area contributed by atoms with E-state index in [0.29, 0.717) is 37.5 Å². The Bertz CT molecular complexity index is 685. The molecule has 2 aliphatic rings. The molecule has 6 nitrogen and oxygen atoms in total. The summed E-state index contributed by atoms with van der Waals surface area (Å²) >= 11 is 0. The molecule has 1 N–H and O–H groups in total. The summed E-state index contributed by atoms with van der Waals surface area (Å²) in [7, 11) is -3.45. The van der Waals surface area contributed by atoms with Gasteiger partial charge >= 0.3 is 0 Å². The number of rotatable bonds is 2. The minimum atomic E-state index is -3.45. The molecule has 23 heavy (non-hydrogen) atoms. The SMILES string of the molecule is CC(=O)N1CCc2cc(S(=O)(=O)N3CCCNCC3)ccc21.Cl. The van der Waals surface area contributed by atoms with Crippen LogP contribution in [0.2, 0.25) is 0 Å². The van der Waals surface area contributed by atoms with E-state index in [1.165, 1.54) is 6.92 Å². The van der Waals surface area contributed by atoms with Crippen molar-refractivity contribution < 1.29 is 13.2 Å². The molecule has 2 heterocycles. The topological polar surface area (TPSA) is 69.7 Å². The van der Waals surface area contributed by atoms with Crippen LogP contribution < -0.4 is 10.2 Å². The predicted molar refractivity (Wildman–Crippen MR) is 91.7 cm³/mol. The maximum absolute atomic E-state index is 12.8. The highest BCUT2D eigenvalue weighted by molar-refractivity contribution is 7.89. The van der Waals surface area contributed by atoms with E-state index < -0.39 is 10.0 Å². The Hall–Kier alpha value is -1.15. The smallest absolute Gasteiger partial charge is 0.243 e. The predicted octanol–water partition coefficient (Wildman–Crippen LogP) is 1.00. The third-order valence-corrected chi connectivity index (χ3v) is 6.16. The lowest BCUT2D eigenvalue weighted by atomic mass is 10.2. The minimum absolute atomic E-state index is 0. The fourth-order valence-corrected chi connectivity index (χ4v) is 4.61. The van der Waals surface area contributed by atoms with Crippen LogP contribution >= 0.6 is 12.4 Å². The molecule has 0 saturated carbocycles. The number of halogens is 1. The van der Waals surface area contributed by atoms with E-state index in [1.54, 1.807) is 27.4 Å². The summed E-state index contributed by atoms with van der Waals surface area (Å²) in [5.74, 6) is -0.00653. The van der Waals surface area contributed by atoms with Crippen LogP contribution in [0.3, 0.4) is 0 Å². The number of hydrogen-bond donors (Lipinski definition) is 1. The number of carbonyl (C=O) groups excluding carboxylic acids is 1. The summed E-state index contributed by atoms with van der Waals surface area (Å²) in [6.45, 7) is 4.74. The lowest BCUT2D eigenvalue weighted by Gasteiger charge is -2.20. The minimum Gasteiger partial charge on any atom is -0.315 e. The first-order chi connectivity index (χ1) is 10.5. The van der Waals surface area contributed by atoms with E-state index in [0.717, 1.165) is 24.2 Å². The second-order valence-electron chi connectivity index (χ2n) is 5.72. The molecule has 0 aliphatic carbocycles. The number of hydrogen-bond acceptors (Lipinski definition) is 4. The van der Waals surface area contributed by atoms with Crippen LogP contribution in [0.5, 0.6) is 0 Å². The summed E-state index contributed by atoms with van der Waals surface area (Å²) in [6, 6.07) is 5.10. The Morgan fingerprint density at radius 1 is 1.17 bits per heavy atom. The van der Waals surface area contributed by atoms with Crippen LogP contribution in [0.15, 0.2) is 23.1 Å². The van der Waals surface area contributed by atoms with E-state index in [9.17, 15) is 13.2 Å². The molecule has 3 rings (SSSR count). The number of nitrogens with zero attached hydrogens (tertiary/aromatic N) is 2. The molecule has 8 heteroatoms. The Labute approximate surface area is 143 Å². The zero-order valence-corrected chi connectivity index (χ0v) is 14.8. The fourth-order valence-electron chi connectivity index (χ4n) is 3.08. The van der Waals surface area contributed by atoms with Crippen molar-refractivity contribution in [2.75, 3.05) is 37.6 Å². The van der Waals surface area contributed by atoms with Crippen molar-refractivity contribution >= 4 is 34.0 Å². The highest BCUT2D eigenvalue weighted by Gasteiger charge is 2.28. The Balaban J connectivity index is 0.00000192. The van der Waals surface area contributed by atoms with E-state index >= 15 is 0 Å².